The highest BCUT2D eigenvalue weighted by Gasteiger charge is 2.20. The molecule has 0 spiro atoms. The molecule has 1 aromatic heterocycles. The first-order chi connectivity index (χ1) is 14.1. The Balaban J connectivity index is 1.94. The van der Waals surface area contributed by atoms with Crippen LogP contribution in [0.2, 0.25) is 0 Å². The van der Waals surface area contributed by atoms with Gasteiger partial charge in [0.05, 0.1) is 26.9 Å². The van der Waals surface area contributed by atoms with E-state index in [1.165, 1.54) is 7.11 Å². The van der Waals surface area contributed by atoms with Crippen molar-refractivity contribution >= 4 is 5.82 Å². The molecule has 9 heteroatoms. The van der Waals surface area contributed by atoms with Crippen LogP contribution in [0.1, 0.15) is 24.0 Å². The van der Waals surface area contributed by atoms with E-state index in [9.17, 15) is 15.3 Å². The van der Waals surface area contributed by atoms with Gasteiger partial charge in [-0.2, -0.15) is 10.5 Å². The Morgan fingerprint density at radius 2 is 1.93 bits per heavy atom. The first-order valence-corrected chi connectivity index (χ1v) is 8.99. The summed E-state index contributed by atoms with van der Waals surface area (Å²) in [5.74, 6) is 0.762. The third-order valence-electron chi connectivity index (χ3n) is 4.43. The summed E-state index contributed by atoms with van der Waals surface area (Å²) in [5.41, 5.74) is 5.53. The summed E-state index contributed by atoms with van der Waals surface area (Å²) >= 11 is 0. The number of nitrogen functional groups attached to an aromatic ring is 1. The molecule has 1 saturated heterocycles. The van der Waals surface area contributed by atoms with Gasteiger partial charge in [0.2, 0.25) is 0 Å². The maximum Gasteiger partial charge on any atom is 0.268 e. The normalized spacial score (nSPS) is 14.0. The molecule has 1 aliphatic heterocycles. The number of pyridine rings is 1. The molecule has 29 heavy (non-hydrogen) atoms. The first-order valence-electron chi connectivity index (χ1n) is 8.99. The van der Waals surface area contributed by atoms with Crippen LogP contribution in [0.3, 0.4) is 0 Å². The second-order valence-corrected chi connectivity index (χ2v) is 6.24. The number of H-pyrrole nitrogens is 1. The van der Waals surface area contributed by atoms with E-state index >= 15 is 0 Å². The zero-order chi connectivity index (χ0) is 20.8. The second kappa shape index (κ2) is 9.11. The van der Waals surface area contributed by atoms with Gasteiger partial charge < -0.3 is 29.7 Å². The molecular weight excluding hydrogens is 376 g/mol. The lowest BCUT2D eigenvalue weighted by Crippen LogP contribution is -2.26. The molecule has 0 atom stereocenters. The van der Waals surface area contributed by atoms with Crippen LogP contribution >= 0.6 is 0 Å². The van der Waals surface area contributed by atoms with E-state index in [4.69, 9.17) is 24.7 Å². The predicted octanol–water partition coefficient (Wildman–Crippen LogP) is 1.91. The SMILES string of the molecule is COc1ccc(-c2c(C#N)c(N)[nH]c(=O)c2C#N)cc1OCCC1OCCCO1. The number of ether oxygens (including phenoxy) is 4. The third kappa shape index (κ3) is 4.32. The highest BCUT2D eigenvalue weighted by Crippen LogP contribution is 2.35. The summed E-state index contributed by atoms with van der Waals surface area (Å²) < 4.78 is 22.2. The fourth-order valence-electron chi connectivity index (χ4n) is 3.05. The van der Waals surface area contributed by atoms with Gasteiger partial charge in [-0.15, -0.1) is 0 Å². The van der Waals surface area contributed by atoms with E-state index in [1.807, 2.05) is 12.1 Å². The Labute approximate surface area is 167 Å². The minimum Gasteiger partial charge on any atom is -0.493 e. The van der Waals surface area contributed by atoms with Crippen molar-refractivity contribution < 1.29 is 18.9 Å². The molecule has 0 radical (unpaired) electrons. The van der Waals surface area contributed by atoms with E-state index in [0.29, 0.717) is 43.3 Å². The van der Waals surface area contributed by atoms with Crippen molar-refractivity contribution in [3.63, 3.8) is 0 Å². The summed E-state index contributed by atoms with van der Waals surface area (Å²) in [4.78, 5) is 14.5. The van der Waals surface area contributed by atoms with Crippen molar-refractivity contribution in [2.24, 2.45) is 0 Å². The quantitative estimate of drug-likeness (QED) is 0.753. The van der Waals surface area contributed by atoms with Gasteiger partial charge in [-0.1, -0.05) is 6.07 Å². The molecule has 1 aromatic carbocycles. The molecule has 1 aliphatic rings. The van der Waals surface area contributed by atoms with E-state index in [1.54, 1.807) is 18.2 Å². The fourth-order valence-corrected chi connectivity index (χ4v) is 3.05. The molecule has 0 saturated carbocycles. The summed E-state index contributed by atoms with van der Waals surface area (Å²) in [7, 11) is 1.50. The number of hydrogen-bond donors (Lipinski definition) is 2. The van der Waals surface area contributed by atoms with Gasteiger partial charge in [0, 0.05) is 12.0 Å². The number of nitrogens with two attached hydrogens (primary N) is 1. The molecule has 2 heterocycles. The van der Waals surface area contributed by atoms with Crippen LogP contribution in [0, 0.1) is 22.7 Å². The van der Waals surface area contributed by atoms with Gasteiger partial charge in [-0.25, -0.2) is 0 Å². The van der Waals surface area contributed by atoms with Crippen molar-refractivity contribution in [1.29, 1.82) is 10.5 Å². The van der Waals surface area contributed by atoms with Gasteiger partial charge in [0.1, 0.15) is 29.1 Å². The number of benzene rings is 1. The Bertz CT molecular complexity index is 1030. The molecular formula is C20H20N4O5. The van der Waals surface area contributed by atoms with Crippen molar-refractivity contribution in [3.05, 3.63) is 39.7 Å². The summed E-state index contributed by atoms with van der Waals surface area (Å²) in [6.45, 7) is 1.61. The molecule has 3 N–H and O–H groups in total. The molecule has 2 aromatic rings. The Hall–Kier alpha value is -3.53. The van der Waals surface area contributed by atoms with Gasteiger partial charge in [-0.05, 0) is 24.1 Å². The lowest BCUT2D eigenvalue weighted by molar-refractivity contribution is -0.183. The fraction of sp³-hybridized carbons (Fsp3) is 0.350. The van der Waals surface area contributed by atoms with E-state index in [-0.39, 0.29) is 28.8 Å². The smallest absolute Gasteiger partial charge is 0.268 e. The number of hydrogen-bond acceptors (Lipinski definition) is 8. The number of nitrogens with one attached hydrogen (secondary N) is 1. The van der Waals surface area contributed by atoms with Gasteiger partial charge in [0.25, 0.3) is 5.56 Å². The molecule has 0 bridgehead atoms. The second-order valence-electron chi connectivity index (χ2n) is 6.24. The van der Waals surface area contributed by atoms with Gasteiger partial charge in [0.15, 0.2) is 17.8 Å². The number of methoxy groups -OCH3 is 1. The minimum atomic E-state index is -0.663. The Kier molecular flexibility index (Phi) is 6.35. The maximum atomic E-state index is 12.1. The number of rotatable bonds is 6. The summed E-state index contributed by atoms with van der Waals surface area (Å²) in [6.07, 6.45) is 1.08. The van der Waals surface area contributed by atoms with E-state index < -0.39 is 5.56 Å². The van der Waals surface area contributed by atoms with E-state index in [2.05, 4.69) is 4.98 Å². The third-order valence-corrected chi connectivity index (χ3v) is 4.43. The topological polar surface area (TPSA) is 143 Å². The molecule has 0 unspecified atom stereocenters. The van der Waals surface area contributed by atoms with Crippen LogP contribution in [0.15, 0.2) is 23.0 Å². The predicted molar refractivity (Wildman–Crippen MR) is 103 cm³/mol. The van der Waals surface area contributed by atoms with Gasteiger partial charge >= 0.3 is 0 Å². The van der Waals surface area contributed by atoms with Crippen LogP contribution < -0.4 is 20.8 Å². The average molecular weight is 396 g/mol. The first kappa shape index (κ1) is 20.2. The van der Waals surface area contributed by atoms with Crippen molar-refractivity contribution in [2.45, 2.75) is 19.1 Å². The Morgan fingerprint density at radius 1 is 1.21 bits per heavy atom. The zero-order valence-corrected chi connectivity index (χ0v) is 15.9. The summed E-state index contributed by atoms with van der Waals surface area (Å²) in [5, 5.41) is 18.9. The number of aromatic nitrogens is 1. The van der Waals surface area contributed by atoms with Gasteiger partial charge in [-0.3, -0.25) is 4.79 Å². The minimum absolute atomic E-state index is 0.0151. The molecule has 9 nitrogen and oxygen atoms in total. The highest BCUT2D eigenvalue weighted by atomic mass is 16.7. The average Bonchev–Trinajstić information content (AvgIpc) is 2.74. The molecule has 1 fully saturated rings. The Morgan fingerprint density at radius 3 is 2.59 bits per heavy atom. The van der Waals surface area contributed by atoms with Crippen molar-refractivity contribution in [3.8, 4) is 34.8 Å². The number of anilines is 1. The van der Waals surface area contributed by atoms with Crippen molar-refractivity contribution in [2.75, 3.05) is 32.7 Å². The van der Waals surface area contributed by atoms with Crippen LogP contribution in [0.4, 0.5) is 5.82 Å². The van der Waals surface area contributed by atoms with Crippen LogP contribution in [-0.2, 0) is 9.47 Å². The van der Waals surface area contributed by atoms with Crippen LogP contribution in [0.5, 0.6) is 11.5 Å². The highest BCUT2D eigenvalue weighted by molar-refractivity contribution is 5.81. The summed E-state index contributed by atoms with van der Waals surface area (Å²) in [6, 6.07) is 8.67. The number of aromatic amines is 1. The number of nitriles is 2. The van der Waals surface area contributed by atoms with E-state index in [0.717, 1.165) is 6.42 Å². The monoisotopic (exact) mass is 396 g/mol. The molecule has 3 rings (SSSR count). The standard InChI is InChI=1S/C20H20N4O5/c1-26-15-4-3-12(9-16(15)27-8-5-17-28-6-2-7-29-17)18-13(10-21)19(23)24-20(25)14(18)11-22/h3-4,9,17H,2,5-8H2,1H3,(H3,23,24,25). The van der Waals surface area contributed by atoms with Crippen LogP contribution in [-0.4, -0.2) is 38.2 Å². The maximum absolute atomic E-state index is 12.1. The van der Waals surface area contributed by atoms with Crippen LogP contribution in [0.25, 0.3) is 11.1 Å². The zero-order valence-electron chi connectivity index (χ0n) is 15.9. The van der Waals surface area contributed by atoms with Crippen molar-refractivity contribution in [1.82, 2.24) is 4.98 Å². The lowest BCUT2D eigenvalue weighted by atomic mass is 9.96. The molecule has 150 valence electrons. The number of nitrogens with zero attached hydrogens (tertiary/aromatic N) is 2. The molecule has 0 amide bonds. The largest absolute Gasteiger partial charge is 0.493 e. The molecule has 0 aliphatic carbocycles. The lowest BCUT2D eigenvalue weighted by Gasteiger charge is -2.23.